The van der Waals surface area contributed by atoms with E-state index in [0.717, 1.165) is 36.3 Å². The second-order valence-corrected chi connectivity index (χ2v) is 11.6. The van der Waals surface area contributed by atoms with Crippen molar-refractivity contribution in [3.05, 3.63) is 76.5 Å². The Labute approximate surface area is 252 Å². The summed E-state index contributed by atoms with van der Waals surface area (Å²) in [6.45, 7) is 0.326. The average molecular weight is 606 g/mol. The largest absolute Gasteiger partial charge is 0.416 e. The molecule has 3 aliphatic heterocycles. The zero-order valence-electron chi connectivity index (χ0n) is 23.8. The number of anilines is 1. The first-order valence-corrected chi connectivity index (χ1v) is 14.7. The summed E-state index contributed by atoms with van der Waals surface area (Å²) < 4.78 is 41.1. The highest BCUT2D eigenvalue weighted by atomic mass is 19.4. The molecule has 1 aliphatic carbocycles. The molecule has 6 rings (SSSR count). The van der Waals surface area contributed by atoms with Crippen LogP contribution in [0.1, 0.15) is 61.3 Å². The number of urea groups is 1. The maximum Gasteiger partial charge on any atom is 0.416 e. The molecule has 2 unspecified atom stereocenters. The van der Waals surface area contributed by atoms with Gasteiger partial charge in [0.25, 0.3) is 0 Å². The Morgan fingerprint density at radius 3 is 2.50 bits per heavy atom. The fourth-order valence-corrected chi connectivity index (χ4v) is 6.76. The third kappa shape index (κ3) is 5.31. The minimum atomic E-state index is -4.66. The highest BCUT2D eigenvalue weighted by molar-refractivity contribution is 6.07. The summed E-state index contributed by atoms with van der Waals surface area (Å²) in [5.41, 5.74) is 0.372. The number of ketones is 1. The van der Waals surface area contributed by atoms with Crippen LogP contribution in [0, 0.1) is 11.3 Å². The number of hydrogen-bond donors (Lipinski definition) is 0. The number of allylic oxidation sites excluding steroid dienone is 1. The number of halogens is 3. The van der Waals surface area contributed by atoms with Crippen molar-refractivity contribution in [1.82, 2.24) is 14.7 Å². The zero-order valence-corrected chi connectivity index (χ0v) is 23.8. The number of benzene rings is 2. The molecule has 0 spiro atoms. The average Bonchev–Trinajstić information content (AvgIpc) is 3.01. The van der Waals surface area contributed by atoms with Crippen molar-refractivity contribution >= 4 is 29.3 Å². The predicted molar refractivity (Wildman–Crippen MR) is 152 cm³/mol. The van der Waals surface area contributed by atoms with Crippen molar-refractivity contribution in [2.45, 2.75) is 56.8 Å². The van der Waals surface area contributed by atoms with Gasteiger partial charge >= 0.3 is 12.2 Å². The zero-order chi connectivity index (χ0) is 31.2. The van der Waals surface area contributed by atoms with E-state index in [2.05, 4.69) is 0 Å². The van der Waals surface area contributed by atoms with Crippen LogP contribution in [0.15, 0.2) is 59.8 Å². The minimum Gasteiger partial charge on any atom is -0.336 e. The molecule has 0 aromatic heterocycles. The Balaban J connectivity index is 1.43. The number of piperazine rings is 1. The Bertz CT molecular complexity index is 1600. The molecule has 2 atom stereocenters. The van der Waals surface area contributed by atoms with Gasteiger partial charge in [0.15, 0.2) is 5.78 Å². The van der Waals surface area contributed by atoms with Gasteiger partial charge in [0.1, 0.15) is 6.54 Å². The van der Waals surface area contributed by atoms with Gasteiger partial charge in [-0.05, 0) is 68.0 Å². The van der Waals surface area contributed by atoms with E-state index in [-0.39, 0.29) is 48.4 Å². The summed E-state index contributed by atoms with van der Waals surface area (Å²) in [5, 5.41) is 9.32. The molecule has 4 amide bonds. The number of amides is 4. The molecule has 9 nitrogen and oxygen atoms in total. The van der Waals surface area contributed by atoms with E-state index in [9.17, 15) is 37.6 Å². The van der Waals surface area contributed by atoms with Crippen molar-refractivity contribution < 1.29 is 32.3 Å². The molecule has 12 heteroatoms. The topological polar surface area (TPSA) is 105 Å². The van der Waals surface area contributed by atoms with Crippen molar-refractivity contribution in [3.63, 3.8) is 0 Å². The standard InChI is InChI=1S/C32H30F3N5O4/c33-32(34,35)22-5-3-7-23(15-22)40-25-8-4-9-26(41)29(25)30(21-12-10-20(16-36)11-13-21)39(31(40)44)19-27(42)37-17-24-6-1-2-14-38(24)28(43)18-37/h3,5,7,10-13,15,24,30H,1-2,4,6,8-9,14,17-19H2. The van der Waals surface area contributed by atoms with E-state index in [1.165, 1.54) is 21.9 Å². The van der Waals surface area contributed by atoms with Gasteiger partial charge < -0.3 is 14.7 Å². The number of rotatable bonds is 4. The number of nitrogens with zero attached hydrogens (tertiary/aromatic N) is 5. The van der Waals surface area contributed by atoms with Gasteiger partial charge in [0.2, 0.25) is 11.8 Å². The van der Waals surface area contributed by atoms with Crippen LogP contribution in [0.5, 0.6) is 0 Å². The first kappa shape index (κ1) is 29.4. The van der Waals surface area contributed by atoms with Gasteiger partial charge in [0, 0.05) is 36.8 Å². The summed E-state index contributed by atoms with van der Waals surface area (Å²) in [4.78, 5) is 60.3. The van der Waals surface area contributed by atoms with E-state index >= 15 is 0 Å². The second-order valence-electron chi connectivity index (χ2n) is 11.6. The van der Waals surface area contributed by atoms with E-state index in [1.807, 2.05) is 6.07 Å². The van der Waals surface area contributed by atoms with Crippen LogP contribution < -0.4 is 4.90 Å². The Morgan fingerprint density at radius 2 is 1.77 bits per heavy atom. The van der Waals surface area contributed by atoms with Crippen LogP contribution in [-0.2, 0) is 20.6 Å². The van der Waals surface area contributed by atoms with Crippen LogP contribution in [0.3, 0.4) is 0 Å². The molecule has 2 fully saturated rings. The van der Waals surface area contributed by atoms with Gasteiger partial charge in [0.05, 0.1) is 35.5 Å². The lowest BCUT2D eigenvalue weighted by Gasteiger charge is -2.47. The molecular formula is C32H30F3N5O4. The Hall–Kier alpha value is -4.66. The van der Waals surface area contributed by atoms with Crippen molar-refractivity contribution in [2.75, 3.05) is 31.1 Å². The molecule has 0 radical (unpaired) electrons. The maximum atomic E-state index is 14.4. The number of carbonyl (C=O) groups is 4. The molecule has 2 aromatic rings. The molecule has 0 N–H and O–H groups in total. The van der Waals surface area contributed by atoms with Crippen LogP contribution in [0.4, 0.5) is 23.7 Å². The highest BCUT2D eigenvalue weighted by Gasteiger charge is 2.46. The van der Waals surface area contributed by atoms with Crippen molar-refractivity contribution in [2.24, 2.45) is 0 Å². The lowest BCUT2D eigenvalue weighted by atomic mass is 9.83. The number of fused-ring (bicyclic) bond motifs is 1. The molecular weight excluding hydrogens is 575 g/mol. The summed E-state index contributed by atoms with van der Waals surface area (Å²) in [6.07, 6.45) is -1.20. The summed E-state index contributed by atoms with van der Waals surface area (Å²) >= 11 is 0. The number of piperidine rings is 1. The lowest BCUT2D eigenvalue weighted by Crippen LogP contribution is -2.61. The molecule has 4 aliphatic rings. The SMILES string of the molecule is N#Cc1ccc(C2C3=C(CCCC3=O)N(c3cccc(C(F)(F)F)c3)C(=O)N2CC(=O)N2CC(=O)N3CCCCC3C2)cc1. The minimum absolute atomic E-state index is 0.0613. The van der Waals surface area contributed by atoms with Crippen molar-refractivity contribution in [3.8, 4) is 6.07 Å². The fraction of sp³-hybridized carbons (Fsp3) is 0.406. The number of nitriles is 1. The normalized spacial score (nSPS) is 22.5. The van der Waals surface area contributed by atoms with E-state index in [4.69, 9.17) is 0 Å². The molecule has 228 valence electrons. The lowest BCUT2D eigenvalue weighted by molar-refractivity contribution is -0.150. The van der Waals surface area contributed by atoms with Gasteiger partial charge in [-0.3, -0.25) is 19.3 Å². The third-order valence-electron chi connectivity index (χ3n) is 8.87. The van der Waals surface area contributed by atoms with E-state index < -0.39 is 36.3 Å². The van der Waals surface area contributed by atoms with Crippen LogP contribution in [0.25, 0.3) is 0 Å². The second kappa shape index (κ2) is 11.4. The highest BCUT2D eigenvalue weighted by Crippen LogP contribution is 2.45. The van der Waals surface area contributed by atoms with Gasteiger partial charge in [-0.1, -0.05) is 18.2 Å². The van der Waals surface area contributed by atoms with Gasteiger partial charge in [-0.2, -0.15) is 18.4 Å². The van der Waals surface area contributed by atoms with Crippen LogP contribution in [0.2, 0.25) is 0 Å². The number of Topliss-reactive ketones (excluding diaryl/α,β-unsaturated/α-hetero) is 1. The maximum absolute atomic E-state index is 14.4. The Kier molecular flexibility index (Phi) is 7.65. The fourth-order valence-electron chi connectivity index (χ4n) is 6.76. The molecule has 3 heterocycles. The quantitative estimate of drug-likeness (QED) is 0.499. The van der Waals surface area contributed by atoms with Crippen molar-refractivity contribution in [1.29, 1.82) is 5.26 Å². The third-order valence-corrected chi connectivity index (χ3v) is 8.87. The number of alkyl halides is 3. The molecule has 0 bridgehead atoms. The van der Waals surface area contributed by atoms with Crippen LogP contribution >= 0.6 is 0 Å². The monoisotopic (exact) mass is 605 g/mol. The van der Waals surface area contributed by atoms with Crippen LogP contribution in [-0.4, -0.2) is 70.5 Å². The summed E-state index contributed by atoms with van der Waals surface area (Å²) in [6, 6.07) is 10.8. The molecule has 44 heavy (non-hydrogen) atoms. The first-order valence-electron chi connectivity index (χ1n) is 14.7. The number of carbonyl (C=O) groups excluding carboxylic acids is 4. The first-order chi connectivity index (χ1) is 21.1. The smallest absolute Gasteiger partial charge is 0.336 e. The Morgan fingerprint density at radius 1 is 1.00 bits per heavy atom. The molecule has 2 aromatic carbocycles. The summed E-state index contributed by atoms with van der Waals surface area (Å²) in [7, 11) is 0. The molecule has 2 saturated heterocycles. The molecule has 0 saturated carbocycles. The van der Waals surface area contributed by atoms with Gasteiger partial charge in [-0.25, -0.2) is 4.79 Å². The van der Waals surface area contributed by atoms with Gasteiger partial charge in [-0.15, -0.1) is 0 Å². The number of hydrogen-bond acceptors (Lipinski definition) is 5. The van der Waals surface area contributed by atoms with E-state index in [1.54, 1.807) is 29.2 Å². The van der Waals surface area contributed by atoms with E-state index in [0.29, 0.717) is 36.3 Å². The predicted octanol–water partition coefficient (Wildman–Crippen LogP) is 4.79. The summed E-state index contributed by atoms with van der Waals surface area (Å²) in [5.74, 6) is -0.929.